The van der Waals surface area contributed by atoms with Gasteiger partial charge in [-0.1, -0.05) is 41.1 Å². The smallest absolute Gasteiger partial charge is 0.0693 e. The minimum Gasteiger partial charge on any atom is -0.306 e. The molecule has 0 spiro atoms. The summed E-state index contributed by atoms with van der Waals surface area (Å²) in [6, 6.07) is 10.9. The lowest BCUT2D eigenvalue weighted by Gasteiger charge is -2.20. The van der Waals surface area contributed by atoms with Crippen molar-refractivity contribution in [1.82, 2.24) is 5.32 Å². The summed E-state index contributed by atoms with van der Waals surface area (Å²) >= 11 is 9.20. The van der Waals surface area contributed by atoms with Gasteiger partial charge in [0.15, 0.2) is 0 Å². The van der Waals surface area contributed by atoms with Crippen molar-refractivity contribution in [2.75, 3.05) is 6.54 Å². The van der Waals surface area contributed by atoms with Gasteiger partial charge in [-0.05, 0) is 53.5 Å². The lowest BCUT2D eigenvalue weighted by molar-refractivity contribution is 0.603. The fourth-order valence-electron chi connectivity index (χ4n) is 2.04. The quantitative estimate of drug-likeness (QED) is 0.679. The molecule has 0 amide bonds. The molecule has 1 aromatic heterocycles. The maximum atomic E-state index is 3.69. The first-order valence-electron chi connectivity index (χ1n) is 6.37. The Kier molecular flexibility index (Phi) is 5.63. The minimum atomic E-state index is 0.239. The molecule has 1 aromatic carbocycles. The Morgan fingerprint density at radius 2 is 1.95 bits per heavy atom. The average Bonchev–Trinajstić information content (AvgIpc) is 2.71. The van der Waals surface area contributed by atoms with Gasteiger partial charge in [0.05, 0.1) is 6.04 Å². The number of hydrogen-bond donors (Lipinski definition) is 1. The van der Waals surface area contributed by atoms with E-state index in [0.717, 1.165) is 17.4 Å². The fraction of sp³-hybridized carbons (Fsp3) is 0.333. The molecule has 19 heavy (non-hydrogen) atoms. The monoisotopic (exact) mass is 401 g/mol. The van der Waals surface area contributed by atoms with Crippen molar-refractivity contribution >= 4 is 43.2 Å². The molecule has 0 aliphatic rings. The first-order valence-corrected chi connectivity index (χ1v) is 8.77. The van der Waals surface area contributed by atoms with Crippen molar-refractivity contribution < 1.29 is 0 Å². The van der Waals surface area contributed by atoms with Crippen LogP contribution in [0.5, 0.6) is 0 Å². The van der Waals surface area contributed by atoms with Crippen LogP contribution >= 0.6 is 43.2 Å². The van der Waals surface area contributed by atoms with Gasteiger partial charge in [-0.2, -0.15) is 0 Å². The predicted octanol–water partition coefficient (Wildman–Crippen LogP) is 5.67. The third-order valence-electron chi connectivity index (χ3n) is 2.91. The Morgan fingerprint density at radius 3 is 2.53 bits per heavy atom. The number of benzene rings is 1. The van der Waals surface area contributed by atoms with Gasteiger partial charge in [-0.3, -0.25) is 0 Å². The second-order valence-electron chi connectivity index (χ2n) is 4.48. The Labute approximate surface area is 135 Å². The second kappa shape index (κ2) is 7.02. The molecule has 0 aliphatic carbocycles. The molecule has 0 radical (unpaired) electrons. The summed E-state index contributed by atoms with van der Waals surface area (Å²) < 4.78 is 2.35. The maximum Gasteiger partial charge on any atom is 0.0693 e. The van der Waals surface area contributed by atoms with Crippen LogP contribution in [0.1, 0.15) is 34.7 Å². The summed E-state index contributed by atoms with van der Waals surface area (Å²) in [5.41, 5.74) is 1.29. The third kappa shape index (κ3) is 3.69. The van der Waals surface area contributed by atoms with Crippen LogP contribution in [-0.2, 0) is 0 Å². The highest BCUT2D eigenvalue weighted by Crippen LogP contribution is 2.37. The molecule has 1 nitrogen and oxygen atoms in total. The van der Waals surface area contributed by atoms with Crippen molar-refractivity contribution in [3.05, 3.63) is 54.6 Å². The molecule has 1 N–H and O–H groups in total. The first-order chi connectivity index (χ1) is 9.13. The molecule has 0 aliphatic heterocycles. The number of aryl methyl sites for hydroxylation is 1. The molecule has 0 saturated carbocycles. The van der Waals surface area contributed by atoms with E-state index in [1.807, 2.05) is 11.3 Å². The van der Waals surface area contributed by atoms with E-state index in [0.29, 0.717) is 0 Å². The molecule has 0 saturated heterocycles. The summed E-state index contributed by atoms with van der Waals surface area (Å²) in [5, 5.41) is 3.65. The first kappa shape index (κ1) is 15.2. The van der Waals surface area contributed by atoms with Crippen molar-refractivity contribution in [2.24, 2.45) is 0 Å². The van der Waals surface area contributed by atoms with E-state index < -0.39 is 0 Å². The lowest BCUT2D eigenvalue weighted by atomic mass is 10.1. The average molecular weight is 403 g/mol. The summed E-state index contributed by atoms with van der Waals surface area (Å²) in [6.07, 6.45) is 1.13. The van der Waals surface area contributed by atoms with Crippen LogP contribution in [-0.4, -0.2) is 6.54 Å². The van der Waals surface area contributed by atoms with Crippen LogP contribution in [0, 0.1) is 6.92 Å². The SMILES string of the molecule is CCCNC(c1ccccc1Br)c1sc(C)cc1Br. The zero-order valence-electron chi connectivity index (χ0n) is 11.0. The highest BCUT2D eigenvalue weighted by molar-refractivity contribution is 9.10. The van der Waals surface area contributed by atoms with Gasteiger partial charge in [-0.25, -0.2) is 0 Å². The largest absolute Gasteiger partial charge is 0.306 e. The van der Waals surface area contributed by atoms with Gasteiger partial charge >= 0.3 is 0 Å². The Morgan fingerprint density at radius 1 is 1.21 bits per heavy atom. The Hall–Kier alpha value is -0.160. The van der Waals surface area contributed by atoms with E-state index in [2.05, 4.69) is 81.4 Å². The second-order valence-corrected chi connectivity index (χ2v) is 7.47. The molecule has 0 fully saturated rings. The zero-order chi connectivity index (χ0) is 13.8. The van der Waals surface area contributed by atoms with E-state index in [9.17, 15) is 0 Å². The van der Waals surface area contributed by atoms with Crippen LogP contribution in [0.4, 0.5) is 0 Å². The number of halogens is 2. The van der Waals surface area contributed by atoms with Gasteiger partial charge in [-0.15, -0.1) is 11.3 Å². The van der Waals surface area contributed by atoms with Gasteiger partial charge < -0.3 is 5.32 Å². The van der Waals surface area contributed by atoms with Crippen LogP contribution in [0.3, 0.4) is 0 Å². The lowest BCUT2D eigenvalue weighted by Crippen LogP contribution is -2.23. The highest BCUT2D eigenvalue weighted by atomic mass is 79.9. The third-order valence-corrected chi connectivity index (χ3v) is 5.67. The fourth-order valence-corrected chi connectivity index (χ4v) is 4.53. The van der Waals surface area contributed by atoms with E-state index in [-0.39, 0.29) is 6.04 Å². The number of nitrogens with one attached hydrogen (secondary N) is 1. The van der Waals surface area contributed by atoms with Crippen molar-refractivity contribution in [3.8, 4) is 0 Å². The molecule has 102 valence electrons. The Bertz CT molecular complexity index is 551. The van der Waals surface area contributed by atoms with E-state index in [1.54, 1.807) is 0 Å². The molecule has 2 rings (SSSR count). The highest BCUT2D eigenvalue weighted by Gasteiger charge is 2.20. The van der Waals surface area contributed by atoms with Gasteiger partial charge in [0.1, 0.15) is 0 Å². The van der Waals surface area contributed by atoms with E-state index in [4.69, 9.17) is 0 Å². The maximum absolute atomic E-state index is 3.69. The van der Waals surface area contributed by atoms with Crippen molar-refractivity contribution in [3.63, 3.8) is 0 Å². The molecule has 2 aromatic rings. The van der Waals surface area contributed by atoms with Crippen molar-refractivity contribution in [1.29, 1.82) is 0 Å². The van der Waals surface area contributed by atoms with E-state index >= 15 is 0 Å². The zero-order valence-corrected chi connectivity index (χ0v) is 15.0. The standard InChI is InChI=1S/C15H17Br2NS/c1-3-8-18-14(11-6-4-5-7-12(11)16)15-13(17)9-10(2)19-15/h4-7,9,14,18H,3,8H2,1-2H3. The normalized spacial score (nSPS) is 12.6. The molecule has 1 heterocycles. The molecule has 0 bridgehead atoms. The molecular formula is C15H17Br2NS. The molecular weight excluding hydrogens is 386 g/mol. The topological polar surface area (TPSA) is 12.0 Å². The van der Waals surface area contributed by atoms with Crippen LogP contribution in [0.15, 0.2) is 39.3 Å². The van der Waals surface area contributed by atoms with Crippen LogP contribution in [0.2, 0.25) is 0 Å². The molecule has 1 atom stereocenters. The Balaban J connectivity index is 2.41. The minimum absolute atomic E-state index is 0.239. The summed E-state index contributed by atoms with van der Waals surface area (Å²) in [7, 11) is 0. The number of hydrogen-bond acceptors (Lipinski definition) is 2. The van der Waals surface area contributed by atoms with Crippen molar-refractivity contribution in [2.45, 2.75) is 26.3 Å². The van der Waals surface area contributed by atoms with Crippen LogP contribution in [0.25, 0.3) is 0 Å². The number of thiophene rings is 1. The van der Waals surface area contributed by atoms with E-state index in [1.165, 1.54) is 19.8 Å². The van der Waals surface area contributed by atoms with Gasteiger partial charge in [0.2, 0.25) is 0 Å². The number of rotatable bonds is 5. The van der Waals surface area contributed by atoms with Crippen LogP contribution < -0.4 is 5.32 Å². The summed E-state index contributed by atoms with van der Waals surface area (Å²) in [4.78, 5) is 2.68. The van der Waals surface area contributed by atoms with Gasteiger partial charge in [0, 0.05) is 18.7 Å². The summed E-state index contributed by atoms with van der Waals surface area (Å²) in [5.74, 6) is 0. The molecule has 1 unspecified atom stereocenters. The predicted molar refractivity (Wildman–Crippen MR) is 91.0 cm³/mol. The summed E-state index contributed by atoms with van der Waals surface area (Å²) in [6.45, 7) is 5.35. The molecule has 4 heteroatoms. The van der Waals surface area contributed by atoms with Gasteiger partial charge in [0.25, 0.3) is 0 Å².